The predicted octanol–water partition coefficient (Wildman–Crippen LogP) is 3.76. The van der Waals surface area contributed by atoms with Crippen LogP contribution in [0.3, 0.4) is 0 Å². The van der Waals surface area contributed by atoms with E-state index in [4.69, 9.17) is 23.2 Å². The normalized spacial score (nSPS) is 10.3. The van der Waals surface area contributed by atoms with E-state index in [2.05, 4.69) is 10.2 Å². The van der Waals surface area contributed by atoms with E-state index in [0.29, 0.717) is 10.2 Å². The zero-order valence-electron chi connectivity index (χ0n) is 8.04. The van der Waals surface area contributed by atoms with Crippen LogP contribution in [0.2, 0.25) is 10.2 Å². The lowest BCUT2D eigenvalue weighted by Gasteiger charge is -2.03. The van der Waals surface area contributed by atoms with Crippen molar-refractivity contribution in [2.75, 3.05) is 0 Å². The molecular formula is C11H8Cl2N2. The Labute approximate surface area is 97.9 Å². The van der Waals surface area contributed by atoms with Gasteiger partial charge in [0.15, 0.2) is 5.15 Å². The van der Waals surface area contributed by atoms with Crippen LogP contribution in [0.25, 0.3) is 11.3 Å². The number of aromatic nitrogens is 2. The molecule has 0 atom stereocenters. The molecule has 0 N–H and O–H groups in total. The van der Waals surface area contributed by atoms with Gasteiger partial charge in [-0.05, 0) is 31.2 Å². The number of hydrogen-bond acceptors (Lipinski definition) is 2. The molecule has 0 aliphatic heterocycles. The molecule has 0 saturated heterocycles. The Kier molecular flexibility index (Phi) is 2.89. The highest BCUT2D eigenvalue weighted by Gasteiger charge is 2.05. The molecule has 0 bridgehead atoms. The van der Waals surface area contributed by atoms with Gasteiger partial charge in [-0.25, -0.2) is 0 Å². The Balaban J connectivity index is 2.53. The minimum Gasteiger partial charge on any atom is -0.149 e. The molecular weight excluding hydrogens is 231 g/mol. The van der Waals surface area contributed by atoms with Gasteiger partial charge in [-0.15, -0.1) is 10.2 Å². The van der Waals surface area contributed by atoms with Crippen LogP contribution in [-0.4, -0.2) is 10.2 Å². The van der Waals surface area contributed by atoms with Gasteiger partial charge in [-0.2, -0.15) is 0 Å². The zero-order valence-corrected chi connectivity index (χ0v) is 9.55. The van der Waals surface area contributed by atoms with Crippen LogP contribution in [0.1, 0.15) is 5.56 Å². The fourth-order valence-electron chi connectivity index (χ4n) is 1.30. The maximum atomic E-state index is 6.07. The van der Waals surface area contributed by atoms with Crippen LogP contribution in [0, 0.1) is 6.92 Å². The van der Waals surface area contributed by atoms with E-state index in [9.17, 15) is 0 Å². The van der Waals surface area contributed by atoms with Crippen molar-refractivity contribution in [3.8, 4) is 11.3 Å². The highest BCUT2D eigenvalue weighted by molar-refractivity contribution is 6.33. The summed E-state index contributed by atoms with van der Waals surface area (Å²) in [6.45, 7) is 2.00. The van der Waals surface area contributed by atoms with E-state index in [0.717, 1.165) is 16.8 Å². The van der Waals surface area contributed by atoms with Gasteiger partial charge in [0.25, 0.3) is 0 Å². The summed E-state index contributed by atoms with van der Waals surface area (Å²) in [5, 5.41) is 8.81. The summed E-state index contributed by atoms with van der Waals surface area (Å²) in [7, 11) is 0. The third-order valence-electron chi connectivity index (χ3n) is 2.03. The summed E-state index contributed by atoms with van der Waals surface area (Å²) in [6, 6.07) is 9.27. The van der Waals surface area contributed by atoms with E-state index in [1.807, 2.05) is 25.1 Å². The number of benzene rings is 1. The monoisotopic (exact) mass is 238 g/mol. The van der Waals surface area contributed by atoms with Crippen molar-refractivity contribution in [1.29, 1.82) is 0 Å². The Morgan fingerprint density at radius 1 is 1.00 bits per heavy atom. The molecule has 2 rings (SSSR count). The van der Waals surface area contributed by atoms with Gasteiger partial charge >= 0.3 is 0 Å². The number of aryl methyl sites for hydroxylation is 1. The third kappa shape index (κ3) is 2.28. The molecule has 0 radical (unpaired) electrons. The molecule has 1 heterocycles. The minimum atomic E-state index is 0.377. The van der Waals surface area contributed by atoms with E-state index >= 15 is 0 Å². The first kappa shape index (κ1) is 10.4. The summed E-state index contributed by atoms with van der Waals surface area (Å²) in [6.07, 6.45) is 0. The topological polar surface area (TPSA) is 25.8 Å². The van der Waals surface area contributed by atoms with Gasteiger partial charge in [0.1, 0.15) is 0 Å². The number of nitrogens with zero attached hydrogens (tertiary/aromatic N) is 2. The first-order chi connectivity index (χ1) is 7.16. The quantitative estimate of drug-likeness (QED) is 0.757. The van der Waals surface area contributed by atoms with Crippen molar-refractivity contribution in [2.24, 2.45) is 0 Å². The van der Waals surface area contributed by atoms with E-state index in [1.54, 1.807) is 12.1 Å². The van der Waals surface area contributed by atoms with Crippen molar-refractivity contribution in [3.05, 3.63) is 46.1 Å². The average molecular weight is 239 g/mol. The maximum Gasteiger partial charge on any atom is 0.151 e. The molecule has 4 heteroatoms. The molecule has 1 aromatic heterocycles. The molecule has 0 aliphatic carbocycles. The SMILES string of the molecule is Cc1ccc(Cl)c(-c2ccc(Cl)nn2)c1. The lowest BCUT2D eigenvalue weighted by atomic mass is 10.1. The Hall–Kier alpha value is -1.12. The summed E-state index contributed by atoms with van der Waals surface area (Å²) in [5.41, 5.74) is 2.74. The largest absolute Gasteiger partial charge is 0.151 e. The third-order valence-corrected chi connectivity index (χ3v) is 2.56. The summed E-state index contributed by atoms with van der Waals surface area (Å²) >= 11 is 11.7. The number of halogens is 2. The van der Waals surface area contributed by atoms with Crippen LogP contribution in [-0.2, 0) is 0 Å². The average Bonchev–Trinajstić information content (AvgIpc) is 2.23. The molecule has 0 amide bonds. The van der Waals surface area contributed by atoms with Crippen LogP contribution in [0.4, 0.5) is 0 Å². The van der Waals surface area contributed by atoms with Crippen molar-refractivity contribution in [3.63, 3.8) is 0 Å². The minimum absolute atomic E-state index is 0.377. The van der Waals surface area contributed by atoms with Crippen LogP contribution >= 0.6 is 23.2 Å². The lowest BCUT2D eigenvalue weighted by molar-refractivity contribution is 1.04. The number of rotatable bonds is 1. The van der Waals surface area contributed by atoms with Crippen LogP contribution < -0.4 is 0 Å². The Morgan fingerprint density at radius 3 is 2.47 bits per heavy atom. The molecule has 2 nitrogen and oxygen atoms in total. The van der Waals surface area contributed by atoms with Gasteiger partial charge in [-0.1, -0.05) is 34.8 Å². The maximum absolute atomic E-state index is 6.07. The molecule has 1 aromatic carbocycles. The van der Waals surface area contributed by atoms with Crippen molar-refractivity contribution >= 4 is 23.2 Å². The zero-order chi connectivity index (χ0) is 10.8. The van der Waals surface area contributed by atoms with Gasteiger partial charge in [-0.3, -0.25) is 0 Å². The van der Waals surface area contributed by atoms with Gasteiger partial charge in [0, 0.05) is 5.56 Å². The van der Waals surface area contributed by atoms with Crippen LogP contribution in [0.5, 0.6) is 0 Å². The molecule has 0 spiro atoms. The Bertz CT molecular complexity index is 480. The van der Waals surface area contributed by atoms with Crippen molar-refractivity contribution in [2.45, 2.75) is 6.92 Å². The van der Waals surface area contributed by atoms with Crippen molar-refractivity contribution in [1.82, 2.24) is 10.2 Å². The second kappa shape index (κ2) is 4.17. The molecule has 0 aliphatic rings. The van der Waals surface area contributed by atoms with E-state index in [1.165, 1.54) is 0 Å². The molecule has 15 heavy (non-hydrogen) atoms. The fourth-order valence-corrected chi connectivity index (χ4v) is 1.61. The predicted molar refractivity (Wildman–Crippen MR) is 62.2 cm³/mol. The molecule has 0 saturated carbocycles. The summed E-state index contributed by atoms with van der Waals surface area (Å²) in [5.74, 6) is 0. The molecule has 0 fully saturated rings. The lowest BCUT2D eigenvalue weighted by Crippen LogP contribution is -1.88. The second-order valence-corrected chi connectivity index (χ2v) is 4.02. The van der Waals surface area contributed by atoms with E-state index in [-0.39, 0.29) is 0 Å². The Morgan fingerprint density at radius 2 is 1.80 bits per heavy atom. The fraction of sp³-hybridized carbons (Fsp3) is 0.0909. The molecule has 0 unspecified atom stereocenters. The summed E-state index contributed by atoms with van der Waals surface area (Å²) in [4.78, 5) is 0. The smallest absolute Gasteiger partial charge is 0.149 e. The molecule has 2 aromatic rings. The highest BCUT2D eigenvalue weighted by Crippen LogP contribution is 2.27. The number of hydrogen-bond donors (Lipinski definition) is 0. The van der Waals surface area contributed by atoms with Crippen LogP contribution in [0.15, 0.2) is 30.3 Å². The van der Waals surface area contributed by atoms with Gasteiger partial charge in [0.2, 0.25) is 0 Å². The first-order valence-corrected chi connectivity index (χ1v) is 5.18. The van der Waals surface area contributed by atoms with Gasteiger partial charge in [0.05, 0.1) is 10.7 Å². The summed E-state index contributed by atoms with van der Waals surface area (Å²) < 4.78 is 0. The van der Waals surface area contributed by atoms with Crippen molar-refractivity contribution < 1.29 is 0 Å². The highest BCUT2D eigenvalue weighted by atomic mass is 35.5. The van der Waals surface area contributed by atoms with Gasteiger partial charge < -0.3 is 0 Å². The first-order valence-electron chi connectivity index (χ1n) is 4.42. The molecule has 76 valence electrons. The second-order valence-electron chi connectivity index (χ2n) is 3.22. The van der Waals surface area contributed by atoms with E-state index < -0.39 is 0 Å². The standard InChI is InChI=1S/C11H8Cl2N2/c1-7-2-3-9(12)8(6-7)10-4-5-11(13)15-14-10/h2-6H,1H3.